The van der Waals surface area contributed by atoms with E-state index >= 15 is 0 Å². The lowest BCUT2D eigenvalue weighted by atomic mass is 9.98. The minimum absolute atomic E-state index is 0.388. The highest BCUT2D eigenvalue weighted by molar-refractivity contribution is 6.32. The van der Waals surface area contributed by atoms with Crippen molar-refractivity contribution < 1.29 is 14.2 Å². The maximum Gasteiger partial charge on any atom is 0.161 e. The van der Waals surface area contributed by atoms with Crippen molar-refractivity contribution >= 4 is 11.6 Å². The van der Waals surface area contributed by atoms with Gasteiger partial charge in [0.05, 0.1) is 26.4 Å². The number of benzene rings is 2. The predicted molar refractivity (Wildman–Crippen MR) is 84.4 cm³/mol. The van der Waals surface area contributed by atoms with Gasteiger partial charge in [-0.25, -0.2) is 0 Å². The van der Waals surface area contributed by atoms with Crippen LogP contribution in [0.25, 0.3) is 11.1 Å². The number of ether oxygens (including phenoxy) is 3. The van der Waals surface area contributed by atoms with Crippen LogP contribution < -0.4 is 19.9 Å². The van der Waals surface area contributed by atoms with Crippen molar-refractivity contribution in [2.24, 2.45) is 5.73 Å². The molecule has 2 aromatic carbocycles. The van der Waals surface area contributed by atoms with Gasteiger partial charge in [-0.3, -0.25) is 0 Å². The highest BCUT2D eigenvalue weighted by Crippen LogP contribution is 2.37. The molecule has 0 aliphatic carbocycles. The van der Waals surface area contributed by atoms with Crippen LogP contribution in [0.5, 0.6) is 17.2 Å². The Labute approximate surface area is 129 Å². The summed E-state index contributed by atoms with van der Waals surface area (Å²) < 4.78 is 15.8. The number of rotatable bonds is 5. The minimum atomic E-state index is 0.388. The molecular formula is C16H18ClNO3. The lowest BCUT2D eigenvalue weighted by Gasteiger charge is -2.15. The first-order chi connectivity index (χ1) is 10.1. The third-order valence-electron chi connectivity index (χ3n) is 3.29. The third-order valence-corrected chi connectivity index (χ3v) is 3.59. The normalized spacial score (nSPS) is 10.3. The molecule has 0 saturated carbocycles. The Bertz CT molecular complexity index is 644. The van der Waals surface area contributed by atoms with E-state index in [1.165, 1.54) is 0 Å². The fourth-order valence-electron chi connectivity index (χ4n) is 2.19. The second-order valence-electron chi connectivity index (χ2n) is 4.42. The first-order valence-corrected chi connectivity index (χ1v) is 6.81. The largest absolute Gasteiger partial charge is 0.495 e. The molecule has 0 spiro atoms. The SMILES string of the molecule is COc1ccc(-c2cc(OC)c(OC)cc2CN)cc1Cl. The second-order valence-corrected chi connectivity index (χ2v) is 4.82. The van der Waals surface area contributed by atoms with E-state index in [-0.39, 0.29) is 0 Å². The van der Waals surface area contributed by atoms with Crippen LogP contribution in [0.4, 0.5) is 0 Å². The zero-order chi connectivity index (χ0) is 15.4. The van der Waals surface area contributed by atoms with Crippen LogP contribution in [-0.2, 0) is 6.54 Å². The molecular weight excluding hydrogens is 290 g/mol. The van der Waals surface area contributed by atoms with Crippen molar-refractivity contribution in [1.29, 1.82) is 0 Å². The molecule has 0 atom stereocenters. The van der Waals surface area contributed by atoms with E-state index < -0.39 is 0 Å². The third kappa shape index (κ3) is 3.06. The van der Waals surface area contributed by atoms with Gasteiger partial charge in [0.15, 0.2) is 11.5 Å². The molecule has 21 heavy (non-hydrogen) atoms. The maximum atomic E-state index is 6.19. The van der Waals surface area contributed by atoms with Gasteiger partial charge in [-0.05, 0) is 41.0 Å². The highest BCUT2D eigenvalue weighted by Gasteiger charge is 2.13. The molecule has 0 bridgehead atoms. The van der Waals surface area contributed by atoms with Crippen LogP contribution >= 0.6 is 11.6 Å². The van der Waals surface area contributed by atoms with Crippen molar-refractivity contribution in [1.82, 2.24) is 0 Å². The summed E-state index contributed by atoms with van der Waals surface area (Å²) in [6.07, 6.45) is 0. The summed E-state index contributed by atoms with van der Waals surface area (Å²) >= 11 is 6.19. The van der Waals surface area contributed by atoms with Crippen molar-refractivity contribution in [2.75, 3.05) is 21.3 Å². The van der Waals surface area contributed by atoms with Crippen LogP contribution in [0, 0.1) is 0 Å². The molecule has 2 rings (SSSR count). The Morgan fingerprint density at radius 3 is 2.05 bits per heavy atom. The number of halogens is 1. The summed E-state index contributed by atoms with van der Waals surface area (Å²) in [5, 5.41) is 0.549. The Hall–Kier alpha value is -1.91. The van der Waals surface area contributed by atoms with E-state index in [1.807, 2.05) is 30.3 Å². The standard InChI is InChI=1S/C16H18ClNO3/c1-19-14-5-4-10(6-13(14)17)12-8-16(21-3)15(20-2)7-11(12)9-18/h4-8H,9,18H2,1-3H3. The number of methoxy groups -OCH3 is 3. The van der Waals surface area contributed by atoms with Crippen molar-refractivity contribution in [3.8, 4) is 28.4 Å². The molecule has 0 saturated heterocycles. The van der Waals surface area contributed by atoms with Crippen molar-refractivity contribution in [3.05, 3.63) is 40.9 Å². The second kappa shape index (κ2) is 6.70. The molecule has 0 aliphatic rings. The average Bonchev–Trinajstić information content (AvgIpc) is 2.53. The van der Waals surface area contributed by atoms with Gasteiger partial charge in [0.2, 0.25) is 0 Å². The van der Waals surface area contributed by atoms with Crippen LogP contribution in [0.15, 0.2) is 30.3 Å². The van der Waals surface area contributed by atoms with Crippen molar-refractivity contribution in [2.45, 2.75) is 6.54 Å². The molecule has 0 heterocycles. The smallest absolute Gasteiger partial charge is 0.161 e. The molecule has 0 aliphatic heterocycles. The fourth-order valence-corrected chi connectivity index (χ4v) is 2.45. The topological polar surface area (TPSA) is 53.7 Å². The number of nitrogens with two attached hydrogens (primary N) is 1. The first-order valence-electron chi connectivity index (χ1n) is 6.43. The molecule has 0 fully saturated rings. The molecule has 2 aromatic rings. The van der Waals surface area contributed by atoms with Crippen LogP contribution in [-0.4, -0.2) is 21.3 Å². The molecule has 0 aromatic heterocycles. The van der Waals surface area contributed by atoms with E-state index in [4.69, 9.17) is 31.5 Å². The van der Waals surface area contributed by atoms with Gasteiger partial charge in [0, 0.05) is 6.54 Å². The monoisotopic (exact) mass is 307 g/mol. The lowest BCUT2D eigenvalue weighted by molar-refractivity contribution is 0.354. The molecule has 0 unspecified atom stereocenters. The van der Waals surface area contributed by atoms with Gasteiger partial charge >= 0.3 is 0 Å². The molecule has 0 amide bonds. The quantitative estimate of drug-likeness (QED) is 0.918. The van der Waals surface area contributed by atoms with Gasteiger partial charge in [0.1, 0.15) is 5.75 Å². The predicted octanol–water partition coefficient (Wildman–Crippen LogP) is 3.49. The lowest BCUT2D eigenvalue weighted by Crippen LogP contribution is -2.01. The minimum Gasteiger partial charge on any atom is -0.495 e. The van der Waals surface area contributed by atoms with Crippen LogP contribution in [0.2, 0.25) is 5.02 Å². The summed E-state index contributed by atoms with van der Waals surface area (Å²) in [7, 11) is 4.79. The highest BCUT2D eigenvalue weighted by atomic mass is 35.5. The van der Waals surface area contributed by atoms with Gasteiger partial charge in [-0.2, -0.15) is 0 Å². The molecule has 4 nitrogen and oxygen atoms in total. The number of hydrogen-bond donors (Lipinski definition) is 1. The summed E-state index contributed by atoms with van der Waals surface area (Å²) in [5.74, 6) is 1.94. The zero-order valence-electron chi connectivity index (χ0n) is 12.3. The van der Waals surface area contributed by atoms with Gasteiger partial charge in [0.25, 0.3) is 0 Å². The van der Waals surface area contributed by atoms with Gasteiger partial charge in [-0.1, -0.05) is 17.7 Å². The molecule has 112 valence electrons. The van der Waals surface area contributed by atoms with E-state index in [9.17, 15) is 0 Å². The Morgan fingerprint density at radius 2 is 1.52 bits per heavy atom. The summed E-state index contributed by atoms with van der Waals surface area (Å²) in [6.45, 7) is 0.388. The Kier molecular flexibility index (Phi) is 4.94. The van der Waals surface area contributed by atoms with Gasteiger partial charge < -0.3 is 19.9 Å². The van der Waals surface area contributed by atoms with Crippen LogP contribution in [0.3, 0.4) is 0 Å². The van der Waals surface area contributed by atoms with E-state index in [2.05, 4.69) is 0 Å². The zero-order valence-corrected chi connectivity index (χ0v) is 13.0. The summed E-state index contributed by atoms with van der Waals surface area (Å²) in [4.78, 5) is 0. The molecule has 2 N–H and O–H groups in total. The van der Waals surface area contributed by atoms with Crippen molar-refractivity contribution in [3.63, 3.8) is 0 Å². The maximum absolute atomic E-state index is 6.19. The average molecular weight is 308 g/mol. The Balaban J connectivity index is 2.59. The van der Waals surface area contributed by atoms with E-state index in [1.54, 1.807) is 21.3 Å². The number of hydrogen-bond acceptors (Lipinski definition) is 4. The van der Waals surface area contributed by atoms with E-state index in [0.29, 0.717) is 28.8 Å². The molecule has 0 radical (unpaired) electrons. The molecule has 5 heteroatoms. The summed E-state index contributed by atoms with van der Waals surface area (Å²) in [6, 6.07) is 9.39. The summed E-state index contributed by atoms with van der Waals surface area (Å²) in [5.41, 5.74) is 8.70. The van der Waals surface area contributed by atoms with E-state index in [0.717, 1.165) is 16.7 Å². The first kappa shape index (κ1) is 15.5. The fraction of sp³-hybridized carbons (Fsp3) is 0.250. The Morgan fingerprint density at radius 1 is 0.905 bits per heavy atom. The van der Waals surface area contributed by atoms with Gasteiger partial charge in [-0.15, -0.1) is 0 Å². The van der Waals surface area contributed by atoms with Crippen LogP contribution in [0.1, 0.15) is 5.56 Å².